The second-order valence-corrected chi connectivity index (χ2v) is 4.37. The maximum absolute atomic E-state index is 10.9. The van der Waals surface area contributed by atoms with Crippen molar-refractivity contribution in [2.45, 2.75) is 24.7 Å². The van der Waals surface area contributed by atoms with Crippen LogP contribution in [0.3, 0.4) is 0 Å². The van der Waals surface area contributed by atoms with E-state index in [-0.39, 0.29) is 11.3 Å². The molecule has 14 heavy (non-hydrogen) atoms. The third kappa shape index (κ3) is 1.75. The summed E-state index contributed by atoms with van der Waals surface area (Å²) in [5.74, 6) is -0.234. The van der Waals surface area contributed by atoms with Crippen LogP contribution in [0.1, 0.15) is 24.8 Å². The van der Waals surface area contributed by atoms with Crippen molar-refractivity contribution in [2.75, 3.05) is 0 Å². The van der Waals surface area contributed by atoms with E-state index < -0.39 is 0 Å². The van der Waals surface area contributed by atoms with Gasteiger partial charge >= 0.3 is 0 Å². The quantitative estimate of drug-likeness (QED) is 0.815. The standard InChI is InChI=1S/C11H12ClNO/c12-9-3-1-2-8(6-9)11(4-5-11)7-10(13)14/h1-3,6H,4-5,7H2,(H2,13,14). The first-order valence-electron chi connectivity index (χ1n) is 4.67. The Labute approximate surface area is 88.1 Å². The van der Waals surface area contributed by atoms with Crippen LogP contribution in [0, 0.1) is 0 Å². The molecule has 74 valence electrons. The monoisotopic (exact) mass is 209 g/mol. The lowest BCUT2D eigenvalue weighted by atomic mass is 9.92. The highest BCUT2D eigenvalue weighted by molar-refractivity contribution is 6.30. The van der Waals surface area contributed by atoms with Crippen molar-refractivity contribution in [3.8, 4) is 0 Å². The number of carbonyl (C=O) groups excluding carboxylic acids is 1. The van der Waals surface area contributed by atoms with E-state index >= 15 is 0 Å². The molecule has 0 unspecified atom stereocenters. The maximum atomic E-state index is 10.9. The molecular weight excluding hydrogens is 198 g/mol. The van der Waals surface area contributed by atoms with E-state index in [4.69, 9.17) is 17.3 Å². The molecule has 0 heterocycles. The number of halogens is 1. The molecule has 0 saturated heterocycles. The minimum absolute atomic E-state index is 0.00324. The lowest BCUT2D eigenvalue weighted by Crippen LogP contribution is -2.19. The van der Waals surface area contributed by atoms with Gasteiger partial charge in [-0.1, -0.05) is 23.7 Å². The summed E-state index contributed by atoms with van der Waals surface area (Å²) in [7, 11) is 0. The van der Waals surface area contributed by atoms with Gasteiger partial charge in [-0.3, -0.25) is 4.79 Å². The summed E-state index contributed by atoms with van der Waals surface area (Å²) >= 11 is 5.90. The van der Waals surface area contributed by atoms with Crippen LogP contribution in [0.2, 0.25) is 5.02 Å². The topological polar surface area (TPSA) is 43.1 Å². The Morgan fingerprint density at radius 3 is 2.71 bits per heavy atom. The highest BCUT2D eigenvalue weighted by atomic mass is 35.5. The molecule has 0 bridgehead atoms. The van der Waals surface area contributed by atoms with Crippen LogP contribution >= 0.6 is 11.6 Å². The average molecular weight is 210 g/mol. The highest BCUT2D eigenvalue weighted by Gasteiger charge is 2.45. The summed E-state index contributed by atoms with van der Waals surface area (Å²) < 4.78 is 0. The van der Waals surface area contributed by atoms with Gasteiger partial charge in [0.05, 0.1) is 0 Å². The zero-order valence-corrected chi connectivity index (χ0v) is 8.55. The second-order valence-electron chi connectivity index (χ2n) is 3.93. The van der Waals surface area contributed by atoms with Gasteiger partial charge in [0.15, 0.2) is 0 Å². The summed E-state index contributed by atoms with van der Waals surface area (Å²) in [4.78, 5) is 10.9. The smallest absolute Gasteiger partial charge is 0.218 e. The summed E-state index contributed by atoms with van der Waals surface area (Å²) in [5.41, 5.74) is 6.36. The van der Waals surface area contributed by atoms with Crippen molar-refractivity contribution in [3.63, 3.8) is 0 Å². The fourth-order valence-electron chi connectivity index (χ4n) is 1.87. The normalized spacial score (nSPS) is 17.8. The Hall–Kier alpha value is -1.02. The molecule has 2 nitrogen and oxygen atoms in total. The van der Waals surface area contributed by atoms with Crippen molar-refractivity contribution in [1.29, 1.82) is 0 Å². The third-order valence-corrected chi connectivity index (χ3v) is 3.04. The predicted molar refractivity (Wildman–Crippen MR) is 56.2 cm³/mol. The summed E-state index contributed by atoms with van der Waals surface area (Å²) in [5, 5.41) is 0.721. The molecule has 0 radical (unpaired) electrons. The Morgan fingerprint density at radius 2 is 2.21 bits per heavy atom. The predicted octanol–water partition coefficient (Wildman–Crippen LogP) is 2.25. The third-order valence-electron chi connectivity index (χ3n) is 2.80. The molecule has 2 N–H and O–H groups in total. The van der Waals surface area contributed by atoms with Gasteiger partial charge in [0, 0.05) is 16.9 Å². The fraction of sp³-hybridized carbons (Fsp3) is 0.364. The van der Waals surface area contributed by atoms with E-state index in [1.807, 2.05) is 24.3 Å². The van der Waals surface area contributed by atoms with E-state index in [1.54, 1.807) is 0 Å². The molecule has 1 amide bonds. The van der Waals surface area contributed by atoms with Crippen LogP contribution in [-0.4, -0.2) is 5.91 Å². The lowest BCUT2D eigenvalue weighted by molar-refractivity contribution is -0.118. The molecule has 2 rings (SSSR count). The SMILES string of the molecule is NC(=O)CC1(c2cccc(Cl)c2)CC1. The van der Waals surface area contributed by atoms with Crippen LogP contribution in [0.25, 0.3) is 0 Å². The summed E-state index contributed by atoms with van der Waals surface area (Å²) in [6.45, 7) is 0. The Balaban J connectivity index is 2.26. The zero-order valence-electron chi connectivity index (χ0n) is 7.79. The molecule has 1 aliphatic carbocycles. The number of hydrogen-bond acceptors (Lipinski definition) is 1. The van der Waals surface area contributed by atoms with Gasteiger partial charge in [0.2, 0.25) is 5.91 Å². The van der Waals surface area contributed by atoms with Gasteiger partial charge in [-0.15, -0.1) is 0 Å². The molecule has 1 saturated carbocycles. The molecular formula is C11H12ClNO. The number of carbonyl (C=O) groups is 1. The first kappa shape index (κ1) is 9.53. The molecule has 1 aromatic rings. The first-order chi connectivity index (χ1) is 6.62. The van der Waals surface area contributed by atoms with Gasteiger partial charge < -0.3 is 5.73 Å². The van der Waals surface area contributed by atoms with E-state index in [0.717, 1.165) is 23.4 Å². The van der Waals surface area contributed by atoms with Crippen molar-refractivity contribution in [2.24, 2.45) is 5.73 Å². The van der Waals surface area contributed by atoms with E-state index in [0.29, 0.717) is 6.42 Å². The minimum Gasteiger partial charge on any atom is -0.370 e. The molecule has 1 fully saturated rings. The highest BCUT2D eigenvalue weighted by Crippen LogP contribution is 2.51. The summed E-state index contributed by atoms with van der Waals surface area (Å²) in [6, 6.07) is 7.70. The van der Waals surface area contributed by atoms with E-state index in [9.17, 15) is 4.79 Å². The molecule has 1 aliphatic rings. The van der Waals surface area contributed by atoms with Crippen LogP contribution in [0.4, 0.5) is 0 Å². The maximum Gasteiger partial charge on any atom is 0.218 e. The number of benzene rings is 1. The average Bonchev–Trinajstić information content (AvgIpc) is 2.84. The molecule has 0 atom stereocenters. The van der Waals surface area contributed by atoms with E-state index in [1.165, 1.54) is 0 Å². The van der Waals surface area contributed by atoms with Crippen LogP contribution in [-0.2, 0) is 10.2 Å². The van der Waals surface area contributed by atoms with Crippen LogP contribution in [0.15, 0.2) is 24.3 Å². The van der Waals surface area contributed by atoms with E-state index in [2.05, 4.69) is 0 Å². The molecule has 0 aromatic heterocycles. The van der Waals surface area contributed by atoms with Crippen LogP contribution in [0.5, 0.6) is 0 Å². The Kier molecular flexibility index (Phi) is 2.23. The summed E-state index contributed by atoms with van der Waals surface area (Å²) in [6.07, 6.45) is 2.51. The van der Waals surface area contributed by atoms with Gasteiger partial charge in [-0.25, -0.2) is 0 Å². The Bertz CT molecular complexity index is 371. The van der Waals surface area contributed by atoms with Crippen molar-refractivity contribution < 1.29 is 4.79 Å². The van der Waals surface area contributed by atoms with Gasteiger partial charge in [-0.2, -0.15) is 0 Å². The molecule has 0 spiro atoms. The zero-order chi connectivity index (χ0) is 10.2. The number of nitrogens with two attached hydrogens (primary N) is 1. The largest absolute Gasteiger partial charge is 0.370 e. The van der Waals surface area contributed by atoms with Crippen molar-refractivity contribution >= 4 is 17.5 Å². The van der Waals surface area contributed by atoms with Crippen molar-refractivity contribution in [1.82, 2.24) is 0 Å². The second kappa shape index (κ2) is 3.28. The van der Waals surface area contributed by atoms with Crippen molar-refractivity contribution in [3.05, 3.63) is 34.9 Å². The number of amides is 1. The minimum atomic E-state index is -0.234. The first-order valence-corrected chi connectivity index (χ1v) is 5.05. The number of primary amides is 1. The van der Waals surface area contributed by atoms with Gasteiger partial charge in [0.1, 0.15) is 0 Å². The fourth-order valence-corrected chi connectivity index (χ4v) is 2.06. The number of hydrogen-bond donors (Lipinski definition) is 1. The molecule has 3 heteroatoms. The Morgan fingerprint density at radius 1 is 1.50 bits per heavy atom. The van der Waals surface area contributed by atoms with Gasteiger partial charge in [0.25, 0.3) is 0 Å². The molecule has 0 aliphatic heterocycles. The molecule has 1 aromatic carbocycles. The lowest BCUT2D eigenvalue weighted by Gasteiger charge is -2.13. The van der Waals surface area contributed by atoms with Gasteiger partial charge in [-0.05, 0) is 30.5 Å². The van der Waals surface area contributed by atoms with Crippen LogP contribution < -0.4 is 5.73 Å². The number of rotatable bonds is 3.